The van der Waals surface area contributed by atoms with Gasteiger partial charge in [0.25, 0.3) is 0 Å². The summed E-state index contributed by atoms with van der Waals surface area (Å²) < 4.78 is 5.35. The summed E-state index contributed by atoms with van der Waals surface area (Å²) in [5.74, 6) is -0.297. The van der Waals surface area contributed by atoms with Gasteiger partial charge in [0.15, 0.2) is 0 Å². The summed E-state index contributed by atoms with van der Waals surface area (Å²) in [6, 6.07) is 0. The molecule has 2 aliphatic carbocycles. The van der Waals surface area contributed by atoms with Crippen LogP contribution in [0.4, 0.5) is 0 Å². The maximum Gasteiger partial charge on any atom is 0.315 e. The standard InChI is InChI=1S/C12H20O4/c1-11(2,3)16-10(15)12-5-4-7(6-12)8(13)9(12)14/h7-9,13-14H,4-6H2,1-3H3. The SMILES string of the molecule is CC(C)(C)OC(=O)C12CCC(C1)C(O)C2O. The van der Waals surface area contributed by atoms with E-state index >= 15 is 0 Å². The lowest BCUT2D eigenvalue weighted by molar-refractivity contribution is -0.177. The third kappa shape index (κ3) is 1.64. The zero-order valence-electron chi connectivity index (χ0n) is 10.1. The molecule has 4 unspecified atom stereocenters. The molecule has 2 rings (SSSR count). The number of rotatable bonds is 1. The minimum Gasteiger partial charge on any atom is -0.459 e. The number of carbonyl (C=O) groups is 1. The maximum absolute atomic E-state index is 12.1. The number of fused-ring (bicyclic) bond motifs is 2. The summed E-state index contributed by atoms with van der Waals surface area (Å²) in [6.07, 6.45) is 0.273. The Morgan fingerprint density at radius 2 is 2.00 bits per heavy atom. The summed E-state index contributed by atoms with van der Waals surface area (Å²) in [7, 11) is 0. The molecule has 0 aromatic heterocycles. The second-order valence-corrected chi connectivity index (χ2v) is 6.10. The molecule has 2 aliphatic rings. The highest BCUT2D eigenvalue weighted by Crippen LogP contribution is 2.55. The van der Waals surface area contributed by atoms with Crippen molar-refractivity contribution in [1.29, 1.82) is 0 Å². The van der Waals surface area contributed by atoms with Crippen molar-refractivity contribution in [2.24, 2.45) is 11.3 Å². The van der Waals surface area contributed by atoms with Gasteiger partial charge in [0.1, 0.15) is 5.60 Å². The van der Waals surface area contributed by atoms with Gasteiger partial charge in [-0.05, 0) is 46.0 Å². The lowest BCUT2D eigenvalue weighted by Gasteiger charge is -2.34. The molecule has 0 aromatic carbocycles. The maximum atomic E-state index is 12.1. The van der Waals surface area contributed by atoms with Gasteiger partial charge in [-0.3, -0.25) is 4.79 Å². The van der Waals surface area contributed by atoms with Crippen molar-refractivity contribution in [2.75, 3.05) is 0 Å². The molecule has 92 valence electrons. The predicted octanol–water partition coefficient (Wildman–Crippen LogP) is 0.850. The summed E-state index contributed by atoms with van der Waals surface area (Å²) in [4.78, 5) is 12.1. The molecule has 2 fully saturated rings. The fraction of sp³-hybridized carbons (Fsp3) is 0.917. The topological polar surface area (TPSA) is 66.8 Å². The van der Waals surface area contributed by atoms with Crippen LogP contribution >= 0.6 is 0 Å². The van der Waals surface area contributed by atoms with Crippen LogP contribution in [0.15, 0.2) is 0 Å². The highest BCUT2D eigenvalue weighted by Gasteiger charge is 2.62. The molecule has 16 heavy (non-hydrogen) atoms. The van der Waals surface area contributed by atoms with Crippen molar-refractivity contribution < 1.29 is 19.7 Å². The Labute approximate surface area is 95.6 Å². The number of carbonyl (C=O) groups excluding carboxylic acids is 1. The van der Waals surface area contributed by atoms with Gasteiger partial charge in [0.05, 0.1) is 17.6 Å². The molecule has 2 N–H and O–H groups in total. The van der Waals surface area contributed by atoms with Crippen LogP contribution in [0.1, 0.15) is 40.0 Å². The number of aliphatic hydroxyl groups excluding tert-OH is 2. The number of hydrogen-bond acceptors (Lipinski definition) is 4. The Balaban J connectivity index is 2.17. The van der Waals surface area contributed by atoms with Crippen LogP contribution in [0.2, 0.25) is 0 Å². The first kappa shape index (κ1) is 11.9. The first-order valence-electron chi connectivity index (χ1n) is 5.86. The van der Waals surface area contributed by atoms with Crippen molar-refractivity contribution in [3.63, 3.8) is 0 Å². The van der Waals surface area contributed by atoms with E-state index in [-0.39, 0.29) is 11.9 Å². The number of aliphatic hydroxyl groups is 2. The largest absolute Gasteiger partial charge is 0.459 e. The van der Waals surface area contributed by atoms with Gasteiger partial charge in [0.2, 0.25) is 0 Å². The molecular weight excluding hydrogens is 208 g/mol. The highest BCUT2D eigenvalue weighted by molar-refractivity contribution is 5.79. The van der Waals surface area contributed by atoms with Crippen LogP contribution in [-0.2, 0) is 9.53 Å². The van der Waals surface area contributed by atoms with Gasteiger partial charge in [-0.1, -0.05) is 0 Å². The van der Waals surface area contributed by atoms with Gasteiger partial charge in [-0.2, -0.15) is 0 Å². The Morgan fingerprint density at radius 3 is 2.44 bits per heavy atom. The predicted molar refractivity (Wildman–Crippen MR) is 57.6 cm³/mol. The van der Waals surface area contributed by atoms with Crippen molar-refractivity contribution >= 4 is 5.97 Å². The van der Waals surface area contributed by atoms with Gasteiger partial charge in [0, 0.05) is 0 Å². The average molecular weight is 228 g/mol. The van der Waals surface area contributed by atoms with E-state index in [2.05, 4.69) is 0 Å². The molecule has 2 bridgehead atoms. The minimum absolute atomic E-state index is 0.0579. The molecular formula is C12H20O4. The van der Waals surface area contributed by atoms with Gasteiger partial charge in [-0.15, -0.1) is 0 Å². The van der Waals surface area contributed by atoms with Crippen LogP contribution in [0.25, 0.3) is 0 Å². The first-order chi connectivity index (χ1) is 7.26. The van der Waals surface area contributed by atoms with Crippen LogP contribution in [0, 0.1) is 11.3 Å². The van der Waals surface area contributed by atoms with Crippen LogP contribution in [0.3, 0.4) is 0 Å². The third-order valence-corrected chi connectivity index (χ3v) is 3.77. The van der Waals surface area contributed by atoms with Crippen LogP contribution in [-0.4, -0.2) is 34.0 Å². The van der Waals surface area contributed by atoms with E-state index in [1.54, 1.807) is 0 Å². The first-order valence-corrected chi connectivity index (χ1v) is 5.86. The summed E-state index contributed by atoms with van der Waals surface area (Å²) in [6.45, 7) is 5.43. The van der Waals surface area contributed by atoms with Gasteiger partial charge >= 0.3 is 5.97 Å². The second kappa shape index (κ2) is 3.44. The molecule has 0 aliphatic heterocycles. The van der Waals surface area contributed by atoms with Crippen LogP contribution in [0.5, 0.6) is 0 Å². The molecule has 4 heteroatoms. The lowest BCUT2D eigenvalue weighted by Crippen LogP contribution is -2.46. The molecule has 0 heterocycles. The fourth-order valence-corrected chi connectivity index (χ4v) is 2.95. The number of esters is 1. The van der Waals surface area contributed by atoms with E-state index in [1.165, 1.54) is 0 Å². The zero-order valence-corrected chi connectivity index (χ0v) is 10.1. The van der Waals surface area contributed by atoms with E-state index in [9.17, 15) is 15.0 Å². The van der Waals surface area contributed by atoms with E-state index in [4.69, 9.17) is 4.74 Å². The molecule has 0 amide bonds. The monoisotopic (exact) mass is 228 g/mol. The van der Waals surface area contributed by atoms with Crippen molar-refractivity contribution in [3.8, 4) is 0 Å². The Hall–Kier alpha value is -0.610. The van der Waals surface area contributed by atoms with Crippen LogP contribution < -0.4 is 0 Å². The summed E-state index contributed by atoms with van der Waals surface area (Å²) in [5, 5.41) is 19.7. The normalized spacial score (nSPS) is 42.4. The second-order valence-electron chi connectivity index (χ2n) is 6.10. The third-order valence-electron chi connectivity index (χ3n) is 3.77. The van der Waals surface area contributed by atoms with E-state index < -0.39 is 23.2 Å². The number of hydrogen-bond donors (Lipinski definition) is 2. The van der Waals surface area contributed by atoms with Crippen molar-refractivity contribution in [3.05, 3.63) is 0 Å². The molecule has 0 aromatic rings. The van der Waals surface area contributed by atoms with Crippen molar-refractivity contribution in [2.45, 2.75) is 57.8 Å². The number of ether oxygens (including phenoxy) is 1. The Morgan fingerprint density at radius 1 is 1.38 bits per heavy atom. The van der Waals surface area contributed by atoms with E-state index in [0.29, 0.717) is 12.8 Å². The smallest absolute Gasteiger partial charge is 0.315 e. The summed E-state index contributed by atoms with van der Waals surface area (Å²) in [5.41, 5.74) is -1.39. The lowest BCUT2D eigenvalue weighted by atomic mass is 9.80. The molecule has 0 radical (unpaired) electrons. The molecule has 4 nitrogen and oxygen atoms in total. The molecule has 2 saturated carbocycles. The molecule has 0 saturated heterocycles. The molecule has 0 spiro atoms. The Bertz CT molecular complexity index is 307. The van der Waals surface area contributed by atoms with Crippen molar-refractivity contribution in [1.82, 2.24) is 0 Å². The quantitative estimate of drug-likeness (QED) is 0.653. The molecule has 4 atom stereocenters. The Kier molecular flexibility index (Phi) is 2.55. The van der Waals surface area contributed by atoms with Gasteiger partial charge < -0.3 is 14.9 Å². The zero-order chi connectivity index (χ0) is 12.1. The highest BCUT2D eigenvalue weighted by atomic mass is 16.6. The fourth-order valence-electron chi connectivity index (χ4n) is 2.95. The average Bonchev–Trinajstić information content (AvgIpc) is 2.65. The van der Waals surface area contributed by atoms with E-state index in [0.717, 1.165) is 6.42 Å². The summed E-state index contributed by atoms with van der Waals surface area (Å²) >= 11 is 0. The van der Waals surface area contributed by atoms with Gasteiger partial charge in [-0.25, -0.2) is 0 Å². The minimum atomic E-state index is -0.957. The van der Waals surface area contributed by atoms with E-state index in [1.807, 2.05) is 20.8 Å².